The maximum atomic E-state index is 12.7. The average Bonchev–Trinajstić information content (AvgIpc) is 2.53. The van der Waals surface area contributed by atoms with Gasteiger partial charge in [0.05, 0.1) is 5.92 Å². The molecular weight excluding hydrogens is 290 g/mol. The van der Waals surface area contributed by atoms with Crippen LogP contribution >= 0.6 is 0 Å². The van der Waals surface area contributed by atoms with Crippen molar-refractivity contribution in [2.75, 3.05) is 0 Å². The highest BCUT2D eigenvalue weighted by molar-refractivity contribution is 6.23. The Morgan fingerprint density at radius 2 is 2.00 bits per heavy atom. The van der Waals surface area contributed by atoms with Crippen molar-refractivity contribution in [3.8, 4) is 0 Å². The first kappa shape index (κ1) is 15.3. The molecule has 0 bridgehead atoms. The molecule has 2 N–H and O–H groups in total. The van der Waals surface area contributed by atoms with Gasteiger partial charge in [0.25, 0.3) is 0 Å². The van der Waals surface area contributed by atoms with Crippen LogP contribution in [0, 0.1) is 11.8 Å². The molecule has 0 spiro atoms. The lowest BCUT2D eigenvalue weighted by molar-refractivity contribution is -0.128. The van der Waals surface area contributed by atoms with Crippen molar-refractivity contribution < 1.29 is 14.3 Å². The number of allylic oxidation sites excluding steroid dienone is 4. The molecule has 0 saturated heterocycles. The first-order valence-corrected chi connectivity index (χ1v) is 7.67. The minimum Gasteiger partial charge on any atom is -0.474 e. The molecule has 1 aromatic carbocycles. The summed E-state index contributed by atoms with van der Waals surface area (Å²) in [6.45, 7) is 4.17. The van der Waals surface area contributed by atoms with E-state index in [1.807, 2.05) is 42.5 Å². The van der Waals surface area contributed by atoms with Gasteiger partial charge >= 0.3 is 0 Å². The molecule has 0 radical (unpaired) electrons. The van der Waals surface area contributed by atoms with E-state index in [0.717, 1.165) is 17.6 Å². The Hall–Kier alpha value is -2.62. The van der Waals surface area contributed by atoms with Gasteiger partial charge in [-0.15, -0.1) is 0 Å². The van der Waals surface area contributed by atoms with Gasteiger partial charge in [0, 0.05) is 6.42 Å². The largest absolute Gasteiger partial charge is 0.474 e. The van der Waals surface area contributed by atoms with Crippen molar-refractivity contribution in [2.45, 2.75) is 19.4 Å². The van der Waals surface area contributed by atoms with Crippen LogP contribution in [0.3, 0.4) is 0 Å². The normalized spacial score (nSPS) is 26.0. The topological polar surface area (TPSA) is 69.4 Å². The number of Topliss-reactive ketones (excluding diaryl/α,β-unsaturated/α-hetero) is 2. The summed E-state index contributed by atoms with van der Waals surface area (Å²) in [7, 11) is 0. The van der Waals surface area contributed by atoms with Crippen molar-refractivity contribution in [3.63, 3.8) is 0 Å². The fraction of sp³-hybridized carbons (Fsp3) is 0.263. The highest BCUT2D eigenvalue weighted by Crippen LogP contribution is 2.39. The molecule has 23 heavy (non-hydrogen) atoms. The highest BCUT2D eigenvalue weighted by atomic mass is 16.5. The van der Waals surface area contributed by atoms with E-state index in [1.165, 1.54) is 0 Å². The van der Waals surface area contributed by atoms with Crippen LogP contribution in [-0.2, 0) is 20.9 Å². The zero-order chi connectivity index (χ0) is 16.4. The quantitative estimate of drug-likeness (QED) is 0.529. The molecule has 118 valence electrons. The molecule has 1 saturated carbocycles. The lowest BCUT2D eigenvalue weighted by atomic mass is 9.68. The molecule has 2 atom stereocenters. The standard InChI is InChI=1S/C19H19NO3/c1-12-6-5-9-14-10-15(21)17(18(22)16(12)14)19(20)23-11-13-7-3-2-4-8-13/h2-8,14,16H,1,9-11,20H2. The molecule has 4 nitrogen and oxygen atoms in total. The second-order valence-corrected chi connectivity index (χ2v) is 5.96. The average molecular weight is 309 g/mol. The third-order valence-electron chi connectivity index (χ3n) is 4.38. The fourth-order valence-electron chi connectivity index (χ4n) is 3.22. The number of rotatable bonds is 3. The summed E-state index contributed by atoms with van der Waals surface area (Å²) in [5, 5.41) is 0. The van der Waals surface area contributed by atoms with Crippen LogP contribution in [-0.4, -0.2) is 11.6 Å². The van der Waals surface area contributed by atoms with Gasteiger partial charge in [0.1, 0.15) is 12.2 Å². The lowest BCUT2D eigenvalue weighted by Crippen LogP contribution is -2.39. The molecule has 1 aromatic rings. The van der Waals surface area contributed by atoms with E-state index in [-0.39, 0.29) is 41.5 Å². The summed E-state index contributed by atoms with van der Waals surface area (Å²) < 4.78 is 5.49. The molecule has 2 unspecified atom stereocenters. The van der Waals surface area contributed by atoms with E-state index in [2.05, 4.69) is 6.58 Å². The summed E-state index contributed by atoms with van der Waals surface area (Å²) in [6, 6.07) is 9.48. The molecule has 0 aromatic heterocycles. The minimum atomic E-state index is -0.355. The number of hydrogen-bond donors (Lipinski definition) is 1. The van der Waals surface area contributed by atoms with Crippen molar-refractivity contribution in [1.29, 1.82) is 0 Å². The van der Waals surface area contributed by atoms with E-state index in [0.29, 0.717) is 6.42 Å². The second kappa shape index (κ2) is 6.24. The van der Waals surface area contributed by atoms with E-state index < -0.39 is 0 Å². The third kappa shape index (κ3) is 2.97. The molecule has 4 heteroatoms. The van der Waals surface area contributed by atoms with Gasteiger partial charge in [-0.1, -0.05) is 49.1 Å². The first-order valence-electron chi connectivity index (χ1n) is 7.67. The van der Waals surface area contributed by atoms with Crippen LogP contribution in [0.4, 0.5) is 0 Å². The van der Waals surface area contributed by atoms with Crippen molar-refractivity contribution in [2.24, 2.45) is 17.6 Å². The number of ketones is 2. The van der Waals surface area contributed by atoms with Gasteiger partial charge in [-0.3, -0.25) is 9.59 Å². The van der Waals surface area contributed by atoms with Crippen LogP contribution in [0.15, 0.2) is 66.1 Å². The molecule has 0 amide bonds. The molecule has 2 aliphatic rings. The highest BCUT2D eigenvalue weighted by Gasteiger charge is 2.42. The summed E-state index contributed by atoms with van der Waals surface area (Å²) >= 11 is 0. The number of ether oxygens (including phenoxy) is 1. The van der Waals surface area contributed by atoms with E-state index in [1.54, 1.807) is 0 Å². The maximum absolute atomic E-state index is 12.7. The Kier molecular flexibility index (Phi) is 4.15. The predicted octanol–water partition coefficient (Wildman–Crippen LogP) is 2.66. The zero-order valence-corrected chi connectivity index (χ0v) is 12.8. The van der Waals surface area contributed by atoms with E-state index >= 15 is 0 Å². The predicted molar refractivity (Wildman–Crippen MR) is 87.0 cm³/mol. The van der Waals surface area contributed by atoms with Crippen LogP contribution < -0.4 is 5.73 Å². The van der Waals surface area contributed by atoms with Gasteiger partial charge in [-0.2, -0.15) is 0 Å². The van der Waals surface area contributed by atoms with Crippen LogP contribution in [0.25, 0.3) is 0 Å². The fourth-order valence-corrected chi connectivity index (χ4v) is 3.22. The van der Waals surface area contributed by atoms with Crippen molar-refractivity contribution >= 4 is 11.6 Å². The number of fused-ring (bicyclic) bond motifs is 1. The van der Waals surface area contributed by atoms with Crippen LogP contribution in [0.2, 0.25) is 0 Å². The smallest absolute Gasteiger partial charge is 0.199 e. The zero-order valence-electron chi connectivity index (χ0n) is 12.8. The summed E-state index contributed by atoms with van der Waals surface area (Å²) in [5.41, 5.74) is 7.58. The number of carbonyl (C=O) groups is 2. The first-order chi connectivity index (χ1) is 11.1. The van der Waals surface area contributed by atoms with Gasteiger partial charge in [-0.25, -0.2) is 0 Å². The SMILES string of the molecule is C=C1C=CCC2CC(=O)C(=C(N)OCc3ccccc3)C(=O)C12. The van der Waals surface area contributed by atoms with Gasteiger partial charge in [-0.05, 0) is 23.5 Å². The minimum absolute atomic E-state index is 0.00127. The Morgan fingerprint density at radius 3 is 2.74 bits per heavy atom. The van der Waals surface area contributed by atoms with E-state index in [4.69, 9.17) is 10.5 Å². The summed E-state index contributed by atoms with van der Waals surface area (Å²) in [6.07, 6.45) is 4.85. The molecule has 3 rings (SSSR count). The Bertz CT molecular complexity index is 715. The molecule has 1 fully saturated rings. The molecule has 2 aliphatic carbocycles. The monoisotopic (exact) mass is 309 g/mol. The van der Waals surface area contributed by atoms with Gasteiger partial charge in [0.2, 0.25) is 0 Å². The summed E-state index contributed by atoms with van der Waals surface area (Å²) in [4.78, 5) is 25.0. The summed E-state index contributed by atoms with van der Waals surface area (Å²) in [5.74, 6) is -0.925. The van der Waals surface area contributed by atoms with Gasteiger partial charge in [0.15, 0.2) is 17.4 Å². The number of carbonyl (C=O) groups excluding carboxylic acids is 2. The molecule has 0 aliphatic heterocycles. The number of hydrogen-bond acceptors (Lipinski definition) is 4. The number of nitrogens with two attached hydrogens (primary N) is 1. The lowest BCUT2D eigenvalue weighted by Gasteiger charge is -2.33. The molecular formula is C19H19NO3. The maximum Gasteiger partial charge on any atom is 0.199 e. The van der Waals surface area contributed by atoms with Crippen LogP contribution in [0.5, 0.6) is 0 Å². The molecule has 0 heterocycles. The van der Waals surface area contributed by atoms with Crippen molar-refractivity contribution in [3.05, 3.63) is 71.7 Å². The Balaban J connectivity index is 1.82. The van der Waals surface area contributed by atoms with E-state index in [9.17, 15) is 9.59 Å². The Morgan fingerprint density at radius 1 is 1.26 bits per heavy atom. The van der Waals surface area contributed by atoms with Crippen LogP contribution in [0.1, 0.15) is 18.4 Å². The van der Waals surface area contributed by atoms with Crippen molar-refractivity contribution in [1.82, 2.24) is 0 Å². The second-order valence-electron chi connectivity index (χ2n) is 5.96. The third-order valence-corrected chi connectivity index (χ3v) is 4.38. The van der Waals surface area contributed by atoms with Gasteiger partial charge < -0.3 is 10.5 Å². The number of benzene rings is 1. The Labute approximate surface area is 135 Å².